The van der Waals surface area contributed by atoms with E-state index in [1.54, 1.807) is 24.3 Å². The molecule has 0 spiro atoms. The Kier molecular flexibility index (Phi) is 31.9. The van der Waals surface area contributed by atoms with Gasteiger partial charge in [-0.15, -0.1) is 0 Å². The molecule has 4 N–H and O–H groups in total. The van der Waals surface area contributed by atoms with Crippen molar-refractivity contribution >= 4 is 52.4 Å². The molecule has 4 saturated heterocycles. The lowest BCUT2D eigenvalue weighted by Gasteiger charge is -2.50. The number of ether oxygens (including phenoxy) is 15. The van der Waals surface area contributed by atoms with Crippen LogP contribution in [-0.4, -0.2) is 184 Å². The number of hydrogen-bond acceptors (Lipinski definition) is 23. The first kappa shape index (κ1) is 83.2. The number of nitrogens with zero attached hydrogens (tertiary/aromatic N) is 3. The topological polar surface area (TPSA) is 363 Å². The van der Waals surface area contributed by atoms with Crippen molar-refractivity contribution in [3.63, 3.8) is 0 Å². The summed E-state index contributed by atoms with van der Waals surface area (Å²) in [5.74, 6) is -8.65. The number of unbranched alkanes of at least 4 members (excludes halogenated alkanes) is 4. The Labute approximate surface area is 638 Å². The van der Waals surface area contributed by atoms with Crippen molar-refractivity contribution in [2.24, 2.45) is 5.11 Å². The van der Waals surface area contributed by atoms with Crippen molar-refractivity contribution in [1.82, 2.24) is 16.0 Å². The Bertz CT molecular complexity index is 3980. The average Bonchev–Trinajstić information content (AvgIpc) is 1.27. The molecule has 29 heteroatoms. The SMILES string of the molecule is CC(=O)N[C@H]1[C@H](OCCCCCNC(=O)CCCCCN=[N+]=[N-])O[C@H](COCc2ccccc2)[C@@H](O[C@@H]2O[C@H](CO[C@]3(C(=O)O)C[C@H](OC(C)=O)[C@@H](NC(C)=O)[C@H]([C@H](OC(C)=O)[C@@H](COCc4ccccc4)OC(C)=O)O3)[C@@H]3OC(c4ccc5ccccc5c4)O[C@@H]3[C@H]2OCc2ccccc2)[C@@H]1OCc1ccccc1. The van der Waals surface area contributed by atoms with Gasteiger partial charge in [0.05, 0.1) is 58.7 Å². The minimum absolute atomic E-state index is 0.0196. The molecule has 6 aromatic carbocycles. The van der Waals surface area contributed by atoms with Gasteiger partial charge in [0.2, 0.25) is 17.7 Å². The monoisotopic (exact) mass is 1520 g/mol. The van der Waals surface area contributed by atoms with E-state index in [4.69, 9.17) is 76.6 Å². The van der Waals surface area contributed by atoms with E-state index in [2.05, 4.69) is 26.0 Å². The standard InChI is InChI=1S/C81H98N6O23/c1-51(88)85-68-63(102-53(3)90)43-81(80(94)95,110-74(68)71(104-55(5)92)64(103-54(4)91)48-96-44-56-26-12-6-13-27-56)101-50-66-72-75(109-77(107-72)62-38-37-60-34-21-22-35-61(60)42-62)76(100-47-59-32-18-9-19-33-59)79(106-66)108-70-65(49-97-45-57-28-14-7-15-29-57)105-78(69(86-52(2)89)73(70)99-46-58-30-16-8-17-31-58)98-41-25-11-23-39-83-67(93)36-20-10-24-40-84-87-82/h6-9,12-19,21-22,26-35,37-38,42,63-66,68-79H,10-11,20,23-25,36,39-41,43-50H2,1-5H3,(H,83,93)(H,85,88)(H,86,89)(H,94,95)/t63-,64+,65+,66+,68+,69+,70+,71+,72-,73+,74+,75-,76+,77?,78+,79-,81+/m0/s1. The van der Waals surface area contributed by atoms with E-state index in [1.165, 1.54) is 6.92 Å². The maximum atomic E-state index is 14.6. The number of carboxylic acid groups (broad SMARTS) is 1. The van der Waals surface area contributed by atoms with Crippen LogP contribution in [0.2, 0.25) is 0 Å². The highest BCUT2D eigenvalue weighted by atomic mass is 16.8. The zero-order chi connectivity index (χ0) is 77.8. The van der Waals surface area contributed by atoms with Gasteiger partial charge < -0.3 is 92.1 Å². The maximum absolute atomic E-state index is 14.6. The van der Waals surface area contributed by atoms with Gasteiger partial charge >= 0.3 is 23.9 Å². The molecule has 4 fully saturated rings. The van der Waals surface area contributed by atoms with Gasteiger partial charge in [0, 0.05) is 71.2 Å². The highest BCUT2D eigenvalue weighted by Gasteiger charge is 2.62. The highest BCUT2D eigenvalue weighted by Crippen LogP contribution is 2.45. The molecule has 6 aromatic rings. The molecule has 4 aliphatic heterocycles. The molecular weight excluding hydrogens is 1420 g/mol. The van der Waals surface area contributed by atoms with Crippen LogP contribution in [0.15, 0.2) is 169 Å². The lowest BCUT2D eigenvalue weighted by atomic mass is 9.88. The minimum Gasteiger partial charge on any atom is -0.477 e. The van der Waals surface area contributed by atoms with Gasteiger partial charge in [0.1, 0.15) is 61.0 Å². The smallest absolute Gasteiger partial charge is 0.364 e. The zero-order valence-electron chi connectivity index (χ0n) is 62.3. The molecule has 17 atom stereocenters. The lowest BCUT2D eigenvalue weighted by Crippen LogP contribution is -2.70. The zero-order valence-corrected chi connectivity index (χ0v) is 62.3. The van der Waals surface area contributed by atoms with E-state index in [-0.39, 0.29) is 45.5 Å². The molecule has 3 amide bonds. The minimum atomic E-state index is -2.92. The molecule has 29 nitrogen and oxygen atoms in total. The van der Waals surface area contributed by atoms with E-state index in [1.807, 2.05) is 140 Å². The summed E-state index contributed by atoms with van der Waals surface area (Å²) in [5.41, 5.74) is 12.2. The van der Waals surface area contributed by atoms with Crippen LogP contribution in [0.25, 0.3) is 21.2 Å². The van der Waals surface area contributed by atoms with E-state index in [9.17, 15) is 38.7 Å². The predicted molar refractivity (Wildman–Crippen MR) is 394 cm³/mol. The Balaban J connectivity index is 1.03. The number of aliphatic carboxylic acids is 1. The van der Waals surface area contributed by atoms with Gasteiger partial charge in [-0.1, -0.05) is 169 Å². The Hall–Kier alpha value is -9.30. The molecular formula is C81H98N6O23. The van der Waals surface area contributed by atoms with Crippen LogP contribution in [0.4, 0.5) is 0 Å². The molecule has 4 heterocycles. The fourth-order valence-corrected chi connectivity index (χ4v) is 13.8. The molecule has 4 aliphatic rings. The van der Waals surface area contributed by atoms with Crippen LogP contribution in [0.1, 0.15) is 120 Å². The van der Waals surface area contributed by atoms with Crippen LogP contribution in [-0.2, 0) is 131 Å². The summed E-state index contributed by atoms with van der Waals surface area (Å²) in [5, 5.41) is 25.9. The Morgan fingerprint density at radius 3 is 1.77 bits per heavy atom. The van der Waals surface area contributed by atoms with Crippen molar-refractivity contribution in [2.75, 3.05) is 39.5 Å². The number of carboxylic acids is 1. The summed E-state index contributed by atoms with van der Waals surface area (Å²) < 4.78 is 100. The first-order chi connectivity index (χ1) is 53.3. The molecule has 110 heavy (non-hydrogen) atoms. The van der Waals surface area contributed by atoms with Crippen LogP contribution in [0, 0.1) is 0 Å². The summed E-state index contributed by atoms with van der Waals surface area (Å²) in [4.78, 5) is 96.9. The Morgan fingerprint density at radius 2 is 1.15 bits per heavy atom. The van der Waals surface area contributed by atoms with E-state index in [0.29, 0.717) is 57.2 Å². The van der Waals surface area contributed by atoms with Crippen molar-refractivity contribution < 1.29 is 110 Å². The number of benzene rings is 6. The fraction of sp³-hybridized carbons (Fsp3) is 0.494. The third kappa shape index (κ3) is 24.3. The summed E-state index contributed by atoms with van der Waals surface area (Å²) in [7, 11) is 0. The van der Waals surface area contributed by atoms with Gasteiger partial charge in [-0.3, -0.25) is 28.8 Å². The largest absolute Gasteiger partial charge is 0.477 e. The van der Waals surface area contributed by atoms with Crippen LogP contribution in [0.3, 0.4) is 0 Å². The second kappa shape index (κ2) is 42.2. The summed E-state index contributed by atoms with van der Waals surface area (Å²) >= 11 is 0. The number of carbonyl (C=O) groups is 7. The number of azide groups is 1. The maximum Gasteiger partial charge on any atom is 0.364 e. The van der Waals surface area contributed by atoms with Crippen molar-refractivity contribution in [3.8, 4) is 0 Å². The summed E-state index contributed by atoms with van der Waals surface area (Å²) in [6, 6.07) is 47.9. The second-order valence-electron chi connectivity index (χ2n) is 27.4. The molecule has 0 aliphatic carbocycles. The van der Waals surface area contributed by atoms with Crippen molar-refractivity contribution in [3.05, 3.63) is 202 Å². The number of hydrogen-bond donors (Lipinski definition) is 4. The fourth-order valence-electron chi connectivity index (χ4n) is 13.8. The highest BCUT2D eigenvalue weighted by molar-refractivity contribution is 5.83. The molecule has 1 unspecified atom stereocenters. The number of rotatable bonds is 41. The lowest BCUT2D eigenvalue weighted by molar-refractivity contribution is -0.360. The van der Waals surface area contributed by atoms with E-state index >= 15 is 0 Å². The molecule has 590 valence electrons. The molecule has 0 aromatic heterocycles. The molecule has 0 saturated carbocycles. The predicted octanol–water partition coefficient (Wildman–Crippen LogP) is 9.63. The number of fused-ring (bicyclic) bond motifs is 2. The van der Waals surface area contributed by atoms with Gasteiger partial charge in [-0.25, -0.2) is 4.79 Å². The van der Waals surface area contributed by atoms with Crippen molar-refractivity contribution in [2.45, 2.75) is 216 Å². The van der Waals surface area contributed by atoms with Crippen LogP contribution >= 0.6 is 0 Å². The third-order valence-electron chi connectivity index (χ3n) is 18.9. The first-order valence-electron chi connectivity index (χ1n) is 37.1. The number of amides is 3. The summed E-state index contributed by atoms with van der Waals surface area (Å²) in [6.45, 7) is 5.36. The van der Waals surface area contributed by atoms with Crippen LogP contribution < -0.4 is 16.0 Å². The van der Waals surface area contributed by atoms with E-state index in [0.717, 1.165) is 67.1 Å². The Morgan fingerprint density at radius 1 is 0.573 bits per heavy atom. The second-order valence-corrected chi connectivity index (χ2v) is 27.4. The summed E-state index contributed by atoms with van der Waals surface area (Å²) in [6.07, 6.45) is -16.0. The van der Waals surface area contributed by atoms with Gasteiger partial charge in [-0.2, -0.15) is 0 Å². The normalized spacial score (nSPS) is 25.5. The average molecular weight is 1520 g/mol. The van der Waals surface area contributed by atoms with Crippen molar-refractivity contribution in [1.29, 1.82) is 0 Å². The van der Waals surface area contributed by atoms with Gasteiger partial charge in [-0.05, 0) is 76.7 Å². The van der Waals surface area contributed by atoms with Gasteiger partial charge in [0.25, 0.3) is 5.79 Å². The number of carbonyl (C=O) groups excluding carboxylic acids is 6. The number of esters is 3. The van der Waals surface area contributed by atoms with Gasteiger partial charge in [0.15, 0.2) is 31.1 Å². The molecule has 0 radical (unpaired) electrons. The quantitative estimate of drug-likeness (QED) is 0.00692. The first-order valence-corrected chi connectivity index (χ1v) is 37.1. The molecule has 0 bridgehead atoms. The molecule has 10 rings (SSSR count). The van der Waals surface area contributed by atoms with E-state index < -0.39 is 159 Å². The number of nitrogens with one attached hydrogen (secondary N) is 3. The van der Waals surface area contributed by atoms with Crippen LogP contribution in [0.5, 0.6) is 0 Å². The third-order valence-corrected chi connectivity index (χ3v) is 18.9.